The molecule has 1 amide bonds. The van der Waals surface area contributed by atoms with Crippen LogP contribution in [0.5, 0.6) is 0 Å². The molecule has 0 unspecified atom stereocenters. The van der Waals surface area contributed by atoms with E-state index in [4.69, 9.17) is 5.11 Å². The number of nitrogens with zero attached hydrogens (tertiary/aromatic N) is 2. The van der Waals surface area contributed by atoms with Gasteiger partial charge in [-0.15, -0.1) is 0 Å². The molecule has 1 aliphatic rings. The Kier molecular flexibility index (Phi) is 5.99. The number of aromatic nitrogens is 1. The summed E-state index contributed by atoms with van der Waals surface area (Å²) in [7, 11) is 0. The Morgan fingerprint density at radius 2 is 2.33 bits per heavy atom. The van der Waals surface area contributed by atoms with Crippen LogP contribution < -0.4 is 5.32 Å². The van der Waals surface area contributed by atoms with Crippen molar-refractivity contribution in [3.8, 4) is 0 Å². The Balaban J connectivity index is 2.15. The third kappa shape index (κ3) is 3.94. The van der Waals surface area contributed by atoms with Crippen LogP contribution >= 0.6 is 0 Å². The lowest BCUT2D eigenvalue weighted by Gasteiger charge is -2.38. The lowest BCUT2D eigenvalue weighted by molar-refractivity contribution is 0.0563. The molecule has 5 heteroatoms. The normalized spacial score (nSPS) is 14.6. The highest BCUT2D eigenvalue weighted by Gasteiger charge is 2.30. The van der Waals surface area contributed by atoms with Gasteiger partial charge >= 0.3 is 0 Å². The van der Waals surface area contributed by atoms with E-state index < -0.39 is 0 Å². The predicted molar refractivity (Wildman–Crippen MR) is 83.4 cm³/mol. The monoisotopic (exact) mass is 291 g/mol. The molecule has 1 fully saturated rings. The molecular weight excluding hydrogens is 266 g/mol. The van der Waals surface area contributed by atoms with E-state index in [1.54, 1.807) is 12.4 Å². The number of rotatable bonds is 8. The zero-order chi connectivity index (χ0) is 15.1. The molecule has 1 aromatic rings. The highest BCUT2D eigenvalue weighted by molar-refractivity contribution is 5.99. The Bertz CT molecular complexity index is 461. The van der Waals surface area contributed by atoms with Crippen molar-refractivity contribution in [2.75, 3.05) is 25.0 Å². The summed E-state index contributed by atoms with van der Waals surface area (Å²) in [5, 5.41) is 12.3. The standard InChI is InChI=1S/C16H25N3O2/c1-2-8-18-15-7-9-17-12-14(15)16(21)19(10-4-11-20)13-5-3-6-13/h7,9,12-13,20H,2-6,8,10-11H2,1H3,(H,17,18). The zero-order valence-electron chi connectivity index (χ0n) is 12.7. The van der Waals surface area contributed by atoms with Gasteiger partial charge in [0.1, 0.15) is 0 Å². The van der Waals surface area contributed by atoms with E-state index in [2.05, 4.69) is 17.2 Å². The van der Waals surface area contributed by atoms with Crippen molar-refractivity contribution in [3.63, 3.8) is 0 Å². The molecule has 21 heavy (non-hydrogen) atoms. The van der Waals surface area contributed by atoms with Crippen LogP contribution in [0, 0.1) is 0 Å². The molecule has 1 aromatic heterocycles. The summed E-state index contributed by atoms with van der Waals surface area (Å²) >= 11 is 0. The van der Waals surface area contributed by atoms with Crippen LogP contribution in [0.2, 0.25) is 0 Å². The van der Waals surface area contributed by atoms with Gasteiger partial charge in [-0.05, 0) is 38.2 Å². The van der Waals surface area contributed by atoms with Crippen molar-refractivity contribution >= 4 is 11.6 Å². The summed E-state index contributed by atoms with van der Waals surface area (Å²) in [5.41, 5.74) is 1.49. The quantitative estimate of drug-likeness (QED) is 0.771. The summed E-state index contributed by atoms with van der Waals surface area (Å²) in [6, 6.07) is 2.18. The van der Waals surface area contributed by atoms with Gasteiger partial charge < -0.3 is 15.3 Å². The molecular formula is C16H25N3O2. The number of carbonyl (C=O) groups is 1. The first-order valence-corrected chi connectivity index (χ1v) is 7.87. The molecule has 1 saturated carbocycles. The molecule has 0 saturated heterocycles. The highest BCUT2D eigenvalue weighted by atomic mass is 16.3. The Hall–Kier alpha value is -1.62. The second kappa shape index (κ2) is 7.98. The van der Waals surface area contributed by atoms with Crippen LogP contribution in [0.25, 0.3) is 0 Å². The number of pyridine rings is 1. The first-order chi connectivity index (χ1) is 10.3. The third-order valence-corrected chi connectivity index (χ3v) is 3.95. The van der Waals surface area contributed by atoms with E-state index in [-0.39, 0.29) is 12.5 Å². The second-order valence-corrected chi connectivity index (χ2v) is 5.51. The van der Waals surface area contributed by atoms with E-state index in [1.807, 2.05) is 11.0 Å². The van der Waals surface area contributed by atoms with E-state index in [1.165, 1.54) is 6.42 Å². The van der Waals surface area contributed by atoms with Gasteiger partial charge in [-0.25, -0.2) is 0 Å². The van der Waals surface area contributed by atoms with Gasteiger partial charge in [0, 0.05) is 38.1 Å². The summed E-state index contributed by atoms with van der Waals surface area (Å²) in [4.78, 5) is 18.8. The van der Waals surface area contributed by atoms with Gasteiger partial charge in [0.15, 0.2) is 0 Å². The minimum absolute atomic E-state index is 0.0276. The van der Waals surface area contributed by atoms with Gasteiger partial charge in [0.2, 0.25) is 0 Å². The van der Waals surface area contributed by atoms with Crippen LogP contribution in [0.4, 0.5) is 5.69 Å². The number of hydrogen-bond donors (Lipinski definition) is 2. The summed E-state index contributed by atoms with van der Waals surface area (Å²) in [5.74, 6) is 0.0276. The summed E-state index contributed by atoms with van der Waals surface area (Å²) in [6.45, 7) is 3.66. The van der Waals surface area contributed by atoms with Crippen LogP contribution in [-0.2, 0) is 0 Å². The number of anilines is 1. The number of aliphatic hydroxyl groups excluding tert-OH is 1. The molecule has 1 heterocycles. The number of aliphatic hydroxyl groups is 1. The Labute approximate surface area is 126 Å². The topological polar surface area (TPSA) is 65.5 Å². The van der Waals surface area contributed by atoms with Crippen LogP contribution in [-0.4, -0.2) is 46.6 Å². The molecule has 2 rings (SSSR count). The van der Waals surface area contributed by atoms with Crippen molar-refractivity contribution < 1.29 is 9.90 Å². The maximum Gasteiger partial charge on any atom is 0.257 e. The van der Waals surface area contributed by atoms with Crippen molar-refractivity contribution in [2.45, 2.75) is 45.1 Å². The predicted octanol–water partition coefficient (Wildman–Crippen LogP) is 2.28. The van der Waals surface area contributed by atoms with Crippen molar-refractivity contribution in [3.05, 3.63) is 24.0 Å². The summed E-state index contributed by atoms with van der Waals surface area (Å²) in [6.07, 6.45) is 8.29. The molecule has 116 valence electrons. The molecule has 0 atom stereocenters. The third-order valence-electron chi connectivity index (χ3n) is 3.95. The average Bonchev–Trinajstić information content (AvgIpc) is 2.47. The van der Waals surface area contributed by atoms with Gasteiger partial charge in [-0.2, -0.15) is 0 Å². The van der Waals surface area contributed by atoms with E-state index in [0.717, 1.165) is 31.5 Å². The Morgan fingerprint density at radius 1 is 1.52 bits per heavy atom. The van der Waals surface area contributed by atoms with Gasteiger partial charge in [-0.1, -0.05) is 6.92 Å². The lowest BCUT2D eigenvalue weighted by Crippen LogP contribution is -2.45. The molecule has 0 spiro atoms. The smallest absolute Gasteiger partial charge is 0.257 e. The second-order valence-electron chi connectivity index (χ2n) is 5.51. The minimum atomic E-state index is 0.0276. The molecule has 0 radical (unpaired) electrons. The molecule has 1 aliphatic carbocycles. The maximum absolute atomic E-state index is 12.8. The number of carbonyl (C=O) groups excluding carboxylic acids is 1. The minimum Gasteiger partial charge on any atom is -0.396 e. The maximum atomic E-state index is 12.8. The van der Waals surface area contributed by atoms with Gasteiger partial charge in [-0.3, -0.25) is 9.78 Å². The SMILES string of the molecule is CCCNc1ccncc1C(=O)N(CCCO)C1CCC1. The van der Waals surface area contributed by atoms with Crippen LogP contribution in [0.15, 0.2) is 18.5 Å². The largest absolute Gasteiger partial charge is 0.396 e. The Morgan fingerprint density at radius 3 is 2.95 bits per heavy atom. The van der Waals surface area contributed by atoms with E-state index in [9.17, 15) is 4.79 Å². The average molecular weight is 291 g/mol. The van der Waals surface area contributed by atoms with E-state index >= 15 is 0 Å². The van der Waals surface area contributed by atoms with Gasteiger partial charge in [0.05, 0.1) is 11.3 Å². The molecule has 0 aromatic carbocycles. The fraction of sp³-hybridized carbons (Fsp3) is 0.625. The molecule has 0 bridgehead atoms. The van der Waals surface area contributed by atoms with Crippen molar-refractivity contribution in [2.24, 2.45) is 0 Å². The zero-order valence-corrected chi connectivity index (χ0v) is 12.7. The number of amides is 1. The van der Waals surface area contributed by atoms with E-state index in [0.29, 0.717) is 24.6 Å². The molecule has 0 aliphatic heterocycles. The fourth-order valence-corrected chi connectivity index (χ4v) is 2.52. The molecule has 2 N–H and O–H groups in total. The lowest BCUT2D eigenvalue weighted by atomic mass is 9.90. The summed E-state index contributed by atoms with van der Waals surface area (Å²) < 4.78 is 0. The first kappa shape index (κ1) is 15.8. The fourth-order valence-electron chi connectivity index (χ4n) is 2.52. The van der Waals surface area contributed by atoms with Crippen molar-refractivity contribution in [1.29, 1.82) is 0 Å². The number of hydrogen-bond acceptors (Lipinski definition) is 4. The van der Waals surface area contributed by atoms with Gasteiger partial charge in [0.25, 0.3) is 5.91 Å². The van der Waals surface area contributed by atoms with Crippen LogP contribution in [0.3, 0.4) is 0 Å². The van der Waals surface area contributed by atoms with Crippen LogP contribution in [0.1, 0.15) is 49.4 Å². The van der Waals surface area contributed by atoms with Crippen molar-refractivity contribution in [1.82, 2.24) is 9.88 Å². The molecule has 5 nitrogen and oxygen atoms in total. The number of nitrogens with one attached hydrogen (secondary N) is 1. The first-order valence-electron chi connectivity index (χ1n) is 7.87. The highest BCUT2D eigenvalue weighted by Crippen LogP contribution is 2.27.